The van der Waals surface area contributed by atoms with Crippen LogP contribution in [0.4, 0.5) is 0 Å². The number of ketones is 1. The van der Waals surface area contributed by atoms with Crippen LogP contribution in [0, 0.1) is 0 Å². The van der Waals surface area contributed by atoms with Crippen LogP contribution in [0.3, 0.4) is 0 Å². The first-order chi connectivity index (χ1) is 18.9. The van der Waals surface area contributed by atoms with Crippen molar-refractivity contribution < 1.29 is 4.79 Å². The molecule has 0 spiro atoms. The van der Waals surface area contributed by atoms with Gasteiger partial charge < -0.3 is 5.32 Å². The van der Waals surface area contributed by atoms with E-state index in [2.05, 4.69) is 94.4 Å². The molecule has 212 valence electrons. The molecule has 0 fully saturated rings. The SMILES string of the molecule is C=C.C=C(NC)c1ccccc1-c1ccc(CC)cc1.CC.CC.CCC/C(C)=C/c1ccccc1C(C)=O. The van der Waals surface area contributed by atoms with Gasteiger partial charge in [-0.2, -0.15) is 0 Å². The second kappa shape index (κ2) is 23.5. The first-order valence-corrected chi connectivity index (χ1v) is 14.2. The molecule has 2 heteroatoms. The van der Waals surface area contributed by atoms with Crippen molar-refractivity contribution in [1.29, 1.82) is 0 Å². The maximum absolute atomic E-state index is 11.4. The maximum Gasteiger partial charge on any atom is 0.160 e. The van der Waals surface area contributed by atoms with E-state index in [4.69, 9.17) is 0 Å². The molecule has 0 saturated heterocycles. The van der Waals surface area contributed by atoms with Crippen molar-refractivity contribution >= 4 is 17.6 Å². The van der Waals surface area contributed by atoms with Crippen LogP contribution in [0.15, 0.2) is 98.1 Å². The van der Waals surface area contributed by atoms with E-state index in [-0.39, 0.29) is 5.78 Å². The van der Waals surface area contributed by atoms with Crippen molar-refractivity contribution in [3.05, 3.63) is 120 Å². The molecule has 0 saturated carbocycles. The molecular formula is C37H53NO. The summed E-state index contributed by atoms with van der Waals surface area (Å²) in [5, 5.41) is 3.12. The van der Waals surface area contributed by atoms with E-state index in [1.807, 2.05) is 65.1 Å². The number of hydrogen-bond acceptors (Lipinski definition) is 2. The van der Waals surface area contributed by atoms with Gasteiger partial charge in [-0.15, -0.1) is 13.2 Å². The average molecular weight is 528 g/mol. The lowest BCUT2D eigenvalue weighted by Gasteiger charge is -2.12. The minimum absolute atomic E-state index is 0.131. The number of benzene rings is 3. The van der Waals surface area contributed by atoms with E-state index in [0.717, 1.165) is 41.6 Å². The summed E-state index contributed by atoms with van der Waals surface area (Å²) in [6.45, 7) is 26.1. The summed E-state index contributed by atoms with van der Waals surface area (Å²) < 4.78 is 0. The maximum atomic E-state index is 11.4. The van der Waals surface area contributed by atoms with Crippen LogP contribution in [-0.4, -0.2) is 12.8 Å². The largest absolute Gasteiger partial charge is 0.388 e. The Morgan fingerprint density at radius 2 is 1.31 bits per heavy atom. The molecule has 39 heavy (non-hydrogen) atoms. The Hall–Kier alpha value is -3.65. The van der Waals surface area contributed by atoms with Gasteiger partial charge >= 0.3 is 0 Å². The molecule has 0 aromatic heterocycles. The van der Waals surface area contributed by atoms with Gasteiger partial charge in [-0.3, -0.25) is 4.79 Å². The van der Waals surface area contributed by atoms with Crippen LogP contribution in [0.2, 0.25) is 0 Å². The third-order valence-corrected chi connectivity index (χ3v) is 5.61. The van der Waals surface area contributed by atoms with Gasteiger partial charge in [0, 0.05) is 23.9 Å². The highest BCUT2D eigenvalue weighted by atomic mass is 16.1. The normalized spacial score (nSPS) is 9.51. The molecule has 0 atom stereocenters. The van der Waals surface area contributed by atoms with Crippen LogP contribution in [0.25, 0.3) is 22.9 Å². The lowest BCUT2D eigenvalue weighted by Crippen LogP contribution is -2.04. The second-order valence-corrected chi connectivity index (χ2v) is 8.21. The van der Waals surface area contributed by atoms with Gasteiger partial charge in [0.1, 0.15) is 0 Å². The Morgan fingerprint density at radius 3 is 1.79 bits per heavy atom. The minimum Gasteiger partial charge on any atom is -0.388 e. The topological polar surface area (TPSA) is 29.1 Å². The van der Waals surface area contributed by atoms with E-state index in [9.17, 15) is 4.79 Å². The Bertz CT molecular complexity index is 1110. The van der Waals surface area contributed by atoms with Gasteiger partial charge in [0.25, 0.3) is 0 Å². The standard InChI is InChI=1S/C17H19N.C14H18O.2C2H6.C2H4/c1-4-14-9-11-15(12-10-14)17-8-6-5-7-16(17)13(2)18-3;1-4-7-11(2)10-13-8-5-6-9-14(13)12(3)15;3*1-2/h5-12,18H,2,4H2,1,3H3;5-6,8-10H,4,7H2,1-3H3;2*1-2H3;1-2H2/b;11-10+;;;. The molecule has 3 aromatic rings. The van der Waals surface area contributed by atoms with Crippen molar-refractivity contribution in [2.45, 2.75) is 74.7 Å². The molecule has 2 nitrogen and oxygen atoms in total. The third kappa shape index (κ3) is 13.6. The predicted molar refractivity (Wildman–Crippen MR) is 178 cm³/mol. The molecule has 0 radical (unpaired) electrons. The van der Waals surface area contributed by atoms with Crippen LogP contribution in [0.5, 0.6) is 0 Å². The van der Waals surface area contributed by atoms with Gasteiger partial charge in [0.2, 0.25) is 0 Å². The molecule has 3 rings (SSSR count). The molecule has 1 N–H and O–H groups in total. The van der Waals surface area contributed by atoms with Crippen molar-refractivity contribution in [3.63, 3.8) is 0 Å². The van der Waals surface area contributed by atoms with E-state index in [1.54, 1.807) is 6.92 Å². The van der Waals surface area contributed by atoms with Crippen LogP contribution in [-0.2, 0) is 6.42 Å². The molecule has 0 aliphatic heterocycles. The highest BCUT2D eigenvalue weighted by Gasteiger charge is 2.06. The molecule has 0 aliphatic rings. The van der Waals surface area contributed by atoms with Crippen molar-refractivity contribution in [2.24, 2.45) is 0 Å². The van der Waals surface area contributed by atoms with Gasteiger partial charge in [0.15, 0.2) is 5.78 Å². The number of aryl methyl sites for hydroxylation is 1. The average Bonchev–Trinajstić information content (AvgIpc) is 3.00. The van der Waals surface area contributed by atoms with Gasteiger partial charge in [-0.25, -0.2) is 0 Å². The molecule has 0 heterocycles. The van der Waals surface area contributed by atoms with Crippen molar-refractivity contribution in [2.75, 3.05) is 7.05 Å². The van der Waals surface area contributed by atoms with Crippen LogP contribution in [0.1, 0.15) is 95.3 Å². The van der Waals surface area contributed by atoms with E-state index >= 15 is 0 Å². The number of Topliss-reactive ketones (excluding diaryl/α,β-unsaturated/α-hetero) is 1. The zero-order chi connectivity index (χ0) is 30.2. The first kappa shape index (κ1) is 37.5. The Morgan fingerprint density at radius 1 is 0.795 bits per heavy atom. The van der Waals surface area contributed by atoms with Crippen LogP contribution >= 0.6 is 0 Å². The molecular weight excluding hydrogens is 474 g/mol. The number of hydrogen-bond donors (Lipinski definition) is 1. The second-order valence-electron chi connectivity index (χ2n) is 8.21. The van der Waals surface area contributed by atoms with Gasteiger partial charge in [0.05, 0.1) is 0 Å². The Kier molecular flexibility index (Phi) is 22.6. The third-order valence-electron chi connectivity index (χ3n) is 5.61. The van der Waals surface area contributed by atoms with E-state index < -0.39 is 0 Å². The first-order valence-electron chi connectivity index (χ1n) is 14.2. The lowest BCUT2D eigenvalue weighted by molar-refractivity contribution is 0.101. The number of allylic oxidation sites excluding steroid dienone is 1. The summed E-state index contributed by atoms with van der Waals surface area (Å²) in [5.74, 6) is 0.131. The monoisotopic (exact) mass is 527 g/mol. The summed E-state index contributed by atoms with van der Waals surface area (Å²) in [4.78, 5) is 11.4. The van der Waals surface area contributed by atoms with Crippen molar-refractivity contribution in [1.82, 2.24) is 5.32 Å². The zero-order valence-corrected chi connectivity index (χ0v) is 26.2. The van der Waals surface area contributed by atoms with Crippen molar-refractivity contribution in [3.8, 4) is 11.1 Å². The van der Waals surface area contributed by atoms with E-state index in [0.29, 0.717) is 0 Å². The molecule has 0 bridgehead atoms. The van der Waals surface area contributed by atoms with Crippen LogP contribution < -0.4 is 5.32 Å². The number of carbonyl (C=O) groups excluding carboxylic acids is 1. The predicted octanol–water partition coefficient (Wildman–Crippen LogP) is 11.1. The summed E-state index contributed by atoms with van der Waals surface area (Å²) in [6, 6.07) is 24.8. The number of carbonyl (C=O) groups is 1. The van der Waals surface area contributed by atoms with Gasteiger partial charge in [-0.1, -0.05) is 139 Å². The summed E-state index contributed by atoms with van der Waals surface area (Å²) in [7, 11) is 1.90. The molecule has 0 aliphatic carbocycles. The fraction of sp³-hybridized carbons (Fsp3) is 0.324. The highest BCUT2D eigenvalue weighted by molar-refractivity contribution is 5.97. The lowest BCUT2D eigenvalue weighted by atomic mass is 9.97. The molecule has 0 unspecified atom stereocenters. The quantitative estimate of drug-likeness (QED) is 0.233. The zero-order valence-electron chi connectivity index (χ0n) is 26.2. The Labute approximate surface area is 240 Å². The summed E-state index contributed by atoms with van der Waals surface area (Å²) >= 11 is 0. The fourth-order valence-electron chi connectivity index (χ4n) is 3.73. The smallest absolute Gasteiger partial charge is 0.160 e. The summed E-state index contributed by atoms with van der Waals surface area (Å²) in [6.07, 6.45) is 5.42. The molecule has 0 amide bonds. The number of rotatable bonds is 8. The molecule has 3 aromatic carbocycles. The Balaban J connectivity index is 0. The minimum atomic E-state index is 0.131. The van der Waals surface area contributed by atoms with Gasteiger partial charge in [-0.05, 0) is 48.9 Å². The number of nitrogens with one attached hydrogen (secondary N) is 1. The highest BCUT2D eigenvalue weighted by Crippen LogP contribution is 2.27. The van der Waals surface area contributed by atoms with E-state index in [1.165, 1.54) is 22.3 Å². The fourth-order valence-corrected chi connectivity index (χ4v) is 3.73. The summed E-state index contributed by atoms with van der Waals surface area (Å²) in [5.41, 5.74) is 9.10.